The summed E-state index contributed by atoms with van der Waals surface area (Å²) in [6.45, 7) is 3.93. The van der Waals surface area contributed by atoms with Gasteiger partial charge < -0.3 is 0 Å². The van der Waals surface area contributed by atoms with Crippen molar-refractivity contribution in [2.24, 2.45) is 0 Å². The minimum Gasteiger partial charge on any atom is -0.236 e. The van der Waals surface area contributed by atoms with Crippen molar-refractivity contribution in [1.82, 2.24) is 14.8 Å². The third-order valence-corrected chi connectivity index (χ3v) is 3.62. The maximum Gasteiger partial charge on any atom is 0.173 e. The fourth-order valence-corrected chi connectivity index (χ4v) is 1.99. The van der Waals surface area contributed by atoms with E-state index < -0.39 is 0 Å². The lowest BCUT2D eigenvalue weighted by Crippen LogP contribution is -2.03. The van der Waals surface area contributed by atoms with Gasteiger partial charge in [0.15, 0.2) is 5.82 Å². The molecule has 0 bridgehead atoms. The number of pyridine rings is 1. The van der Waals surface area contributed by atoms with Gasteiger partial charge in [-0.15, -0.1) is 0 Å². The van der Waals surface area contributed by atoms with E-state index in [0.29, 0.717) is 10.8 Å². The smallest absolute Gasteiger partial charge is 0.173 e. The van der Waals surface area contributed by atoms with Crippen molar-refractivity contribution >= 4 is 34.2 Å². The number of hydrogen-bond donors (Lipinski definition) is 0. The van der Waals surface area contributed by atoms with Gasteiger partial charge in [-0.1, -0.05) is 11.6 Å². The fraction of sp³-hybridized carbons (Fsp3) is 0.200. The van der Waals surface area contributed by atoms with Crippen LogP contribution in [0.25, 0.3) is 5.82 Å². The lowest BCUT2D eigenvalue weighted by molar-refractivity contribution is 0.805. The molecule has 2 heterocycles. The summed E-state index contributed by atoms with van der Waals surface area (Å²) in [6, 6.07) is 3.87. The Morgan fingerprint density at radius 2 is 2.13 bits per heavy atom. The molecule has 3 nitrogen and oxygen atoms in total. The van der Waals surface area contributed by atoms with Gasteiger partial charge in [0.1, 0.15) is 0 Å². The standard InChI is InChI=1S/C10H9ClIN3/c1-6-5-7(2)15(14-6)10-9(11)8(12)3-4-13-10/h3-5H,1-2H3. The van der Waals surface area contributed by atoms with Crippen molar-refractivity contribution in [3.63, 3.8) is 0 Å². The Kier molecular flexibility index (Phi) is 2.97. The summed E-state index contributed by atoms with van der Waals surface area (Å²) in [7, 11) is 0. The van der Waals surface area contributed by atoms with Crippen molar-refractivity contribution in [2.75, 3.05) is 0 Å². The van der Waals surface area contributed by atoms with Crippen molar-refractivity contribution in [3.8, 4) is 5.82 Å². The average Bonchev–Trinajstić information content (AvgIpc) is 2.50. The molecule has 15 heavy (non-hydrogen) atoms. The lowest BCUT2D eigenvalue weighted by Gasteiger charge is -2.06. The molecule has 2 aromatic heterocycles. The van der Waals surface area contributed by atoms with Crippen molar-refractivity contribution in [2.45, 2.75) is 13.8 Å². The molecule has 0 aliphatic rings. The SMILES string of the molecule is Cc1cc(C)n(-c2nccc(I)c2Cl)n1. The zero-order chi connectivity index (χ0) is 11.0. The lowest BCUT2D eigenvalue weighted by atomic mass is 10.4. The van der Waals surface area contributed by atoms with E-state index in [-0.39, 0.29) is 0 Å². The highest BCUT2D eigenvalue weighted by molar-refractivity contribution is 14.1. The van der Waals surface area contributed by atoms with Gasteiger partial charge in [0, 0.05) is 15.5 Å². The average molecular weight is 334 g/mol. The van der Waals surface area contributed by atoms with Crippen LogP contribution in [-0.2, 0) is 0 Å². The number of hydrogen-bond acceptors (Lipinski definition) is 2. The monoisotopic (exact) mass is 333 g/mol. The van der Waals surface area contributed by atoms with Crippen LogP contribution in [0.1, 0.15) is 11.4 Å². The molecule has 0 aliphatic carbocycles. The van der Waals surface area contributed by atoms with Crippen LogP contribution in [0.15, 0.2) is 18.3 Å². The molecule has 0 unspecified atom stereocenters. The van der Waals surface area contributed by atoms with E-state index in [1.807, 2.05) is 26.0 Å². The Morgan fingerprint density at radius 3 is 2.73 bits per heavy atom. The highest BCUT2D eigenvalue weighted by Crippen LogP contribution is 2.24. The van der Waals surface area contributed by atoms with Crippen LogP contribution in [0.2, 0.25) is 5.02 Å². The fourth-order valence-electron chi connectivity index (χ4n) is 1.40. The van der Waals surface area contributed by atoms with Crippen LogP contribution in [0.4, 0.5) is 0 Å². The predicted molar refractivity (Wildman–Crippen MR) is 68.6 cm³/mol. The zero-order valence-electron chi connectivity index (χ0n) is 8.33. The summed E-state index contributed by atoms with van der Waals surface area (Å²) in [4.78, 5) is 4.25. The maximum absolute atomic E-state index is 6.18. The molecule has 2 rings (SSSR count). The third kappa shape index (κ3) is 2.01. The zero-order valence-corrected chi connectivity index (χ0v) is 11.2. The van der Waals surface area contributed by atoms with E-state index >= 15 is 0 Å². The van der Waals surface area contributed by atoms with Gasteiger partial charge in [0.25, 0.3) is 0 Å². The Labute approximate surface area is 107 Å². The number of halogens is 2. The highest BCUT2D eigenvalue weighted by atomic mass is 127. The molecule has 0 fully saturated rings. The third-order valence-electron chi connectivity index (χ3n) is 2.03. The van der Waals surface area contributed by atoms with Crippen LogP contribution in [-0.4, -0.2) is 14.8 Å². The molecule has 0 aliphatic heterocycles. The summed E-state index contributed by atoms with van der Waals surface area (Å²) < 4.78 is 2.74. The van der Waals surface area contributed by atoms with Crippen LogP contribution in [0, 0.1) is 17.4 Å². The van der Waals surface area contributed by atoms with Crippen molar-refractivity contribution in [1.29, 1.82) is 0 Å². The predicted octanol–water partition coefficient (Wildman–Crippen LogP) is 3.14. The first kappa shape index (κ1) is 10.9. The number of nitrogens with zero attached hydrogens (tertiary/aromatic N) is 3. The molecule has 0 saturated carbocycles. The van der Waals surface area contributed by atoms with Gasteiger partial charge in [0.2, 0.25) is 0 Å². The molecular formula is C10H9ClIN3. The van der Waals surface area contributed by atoms with Crippen LogP contribution < -0.4 is 0 Å². The first-order valence-corrected chi connectivity index (χ1v) is 5.89. The van der Waals surface area contributed by atoms with Crippen LogP contribution >= 0.6 is 34.2 Å². The molecule has 0 aromatic carbocycles. The van der Waals surface area contributed by atoms with Crippen molar-refractivity contribution in [3.05, 3.63) is 38.3 Å². The second-order valence-corrected chi connectivity index (χ2v) is 4.81. The largest absolute Gasteiger partial charge is 0.236 e. The number of aromatic nitrogens is 3. The molecule has 0 saturated heterocycles. The Morgan fingerprint density at radius 1 is 1.40 bits per heavy atom. The van der Waals surface area contributed by atoms with Gasteiger partial charge in [-0.3, -0.25) is 0 Å². The van der Waals surface area contributed by atoms with E-state index in [0.717, 1.165) is 15.0 Å². The highest BCUT2D eigenvalue weighted by Gasteiger charge is 2.10. The quantitative estimate of drug-likeness (QED) is 0.751. The maximum atomic E-state index is 6.18. The normalized spacial score (nSPS) is 10.7. The Balaban J connectivity index is 2.64. The molecule has 2 aromatic rings. The Bertz CT molecular complexity index is 507. The summed E-state index contributed by atoms with van der Waals surface area (Å²) >= 11 is 8.36. The second-order valence-electron chi connectivity index (χ2n) is 3.27. The van der Waals surface area contributed by atoms with Crippen LogP contribution in [0.5, 0.6) is 0 Å². The Hall–Kier alpha value is -0.620. The van der Waals surface area contributed by atoms with Crippen LogP contribution in [0.3, 0.4) is 0 Å². The molecule has 78 valence electrons. The molecule has 5 heteroatoms. The molecule has 0 radical (unpaired) electrons. The molecule has 0 amide bonds. The van der Waals surface area contributed by atoms with Gasteiger partial charge in [-0.2, -0.15) is 5.10 Å². The summed E-state index contributed by atoms with van der Waals surface area (Å²) in [5.74, 6) is 0.689. The van der Waals surface area contributed by atoms with Gasteiger partial charge in [-0.25, -0.2) is 9.67 Å². The van der Waals surface area contributed by atoms with Gasteiger partial charge in [0.05, 0.1) is 10.7 Å². The van der Waals surface area contributed by atoms with Crippen molar-refractivity contribution < 1.29 is 0 Å². The van der Waals surface area contributed by atoms with E-state index in [4.69, 9.17) is 11.6 Å². The first-order chi connectivity index (χ1) is 7.09. The summed E-state index contributed by atoms with van der Waals surface area (Å²) in [5, 5.41) is 4.99. The van der Waals surface area contributed by atoms with E-state index in [1.165, 1.54) is 0 Å². The van der Waals surface area contributed by atoms with Gasteiger partial charge in [-0.05, 0) is 48.6 Å². The summed E-state index contributed by atoms with van der Waals surface area (Å²) in [5.41, 5.74) is 1.99. The minimum atomic E-state index is 0.643. The van der Waals surface area contributed by atoms with E-state index in [2.05, 4.69) is 32.7 Å². The topological polar surface area (TPSA) is 30.7 Å². The van der Waals surface area contributed by atoms with E-state index in [1.54, 1.807) is 10.9 Å². The van der Waals surface area contributed by atoms with E-state index in [9.17, 15) is 0 Å². The molecule has 0 spiro atoms. The number of aryl methyl sites for hydroxylation is 2. The second kappa shape index (κ2) is 4.09. The summed E-state index contributed by atoms with van der Waals surface area (Å²) in [6.07, 6.45) is 1.74. The molecule has 0 atom stereocenters. The number of rotatable bonds is 1. The molecular weight excluding hydrogens is 324 g/mol. The van der Waals surface area contributed by atoms with Gasteiger partial charge >= 0.3 is 0 Å². The molecule has 0 N–H and O–H groups in total. The minimum absolute atomic E-state index is 0.643. The first-order valence-electron chi connectivity index (χ1n) is 4.43.